The number of nitrogens with one attached hydrogen (secondary N) is 1. The monoisotopic (exact) mass is 354 g/mol. The van der Waals surface area contributed by atoms with Crippen LogP contribution in [0, 0.1) is 10.1 Å². The largest absolute Gasteiger partial charge is 0.378 e. The fourth-order valence-corrected chi connectivity index (χ4v) is 2.34. The number of anilines is 1. The molecule has 2 aromatic carbocycles. The van der Waals surface area contributed by atoms with E-state index in [9.17, 15) is 10.1 Å². The van der Waals surface area contributed by atoms with Gasteiger partial charge in [0.15, 0.2) is 0 Å². The van der Waals surface area contributed by atoms with Gasteiger partial charge in [0.25, 0.3) is 5.69 Å². The van der Waals surface area contributed by atoms with Crippen molar-refractivity contribution in [3.63, 3.8) is 0 Å². The van der Waals surface area contributed by atoms with Crippen LogP contribution in [-0.4, -0.2) is 4.92 Å². The van der Waals surface area contributed by atoms with Crippen molar-refractivity contribution >= 4 is 38.9 Å². The molecule has 1 unspecified atom stereocenters. The summed E-state index contributed by atoms with van der Waals surface area (Å²) in [6, 6.07) is 12.6. The average molecular weight is 356 g/mol. The van der Waals surface area contributed by atoms with Gasteiger partial charge in [0, 0.05) is 22.3 Å². The molecule has 4 nitrogen and oxygen atoms in total. The summed E-state index contributed by atoms with van der Waals surface area (Å²) in [6.07, 6.45) is 0. The fourth-order valence-electron chi connectivity index (χ4n) is 1.83. The predicted octanol–water partition coefficient (Wildman–Crippen LogP) is 5.18. The van der Waals surface area contributed by atoms with Gasteiger partial charge in [0.05, 0.1) is 4.92 Å². The highest BCUT2D eigenvalue weighted by Crippen LogP contribution is 2.29. The SMILES string of the molecule is CC(Nc1ccc([N+](=O)[O-])c(Cl)c1)c1ccc(Br)cc1. The lowest BCUT2D eigenvalue weighted by atomic mass is 10.1. The number of hydrogen-bond acceptors (Lipinski definition) is 3. The van der Waals surface area contributed by atoms with Crippen LogP contribution in [0.15, 0.2) is 46.9 Å². The molecule has 2 aromatic rings. The zero-order valence-electron chi connectivity index (χ0n) is 10.6. The number of benzene rings is 2. The Morgan fingerprint density at radius 2 is 1.90 bits per heavy atom. The maximum Gasteiger partial charge on any atom is 0.288 e. The predicted molar refractivity (Wildman–Crippen MR) is 84.3 cm³/mol. The quantitative estimate of drug-likeness (QED) is 0.607. The van der Waals surface area contributed by atoms with Crippen molar-refractivity contribution in [3.8, 4) is 0 Å². The number of nitro benzene ring substituents is 1. The molecule has 0 radical (unpaired) electrons. The first-order chi connectivity index (χ1) is 9.47. The Balaban J connectivity index is 2.15. The highest BCUT2D eigenvalue weighted by molar-refractivity contribution is 9.10. The van der Waals surface area contributed by atoms with Crippen LogP contribution in [0.5, 0.6) is 0 Å². The van der Waals surface area contributed by atoms with E-state index in [0.29, 0.717) is 0 Å². The summed E-state index contributed by atoms with van der Waals surface area (Å²) < 4.78 is 1.02. The summed E-state index contributed by atoms with van der Waals surface area (Å²) in [5, 5.41) is 14.1. The second-order valence-corrected chi connectivity index (χ2v) is 5.66. The Morgan fingerprint density at radius 3 is 2.45 bits per heavy atom. The molecule has 1 N–H and O–H groups in total. The van der Waals surface area contributed by atoms with Gasteiger partial charge >= 0.3 is 0 Å². The van der Waals surface area contributed by atoms with Crippen molar-refractivity contribution in [2.75, 3.05) is 5.32 Å². The van der Waals surface area contributed by atoms with E-state index in [0.717, 1.165) is 15.7 Å². The van der Waals surface area contributed by atoms with Crippen LogP contribution in [-0.2, 0) is 0 Å². The van der Waals surface area contributed by atoms with Gasteiger partial charge in [-0.3, -0.25) is 10.1 Å². The van der Waals surface area contributed by atoms with Gasteiger partial charge in [-0.2, -0.15) is 0 Å². The van der Waals surface area contributed by atoms with Gasteiger partial charge in [-0.1, -0.05) is 39.7 Å². The number of rotatable bonds is 4. The van der Waals surface area contributed by atoms with E-state index in [4.69, 9.17) is 11.6 Å². The van der Waals surface area contributed by atoms with Crippen LogP contribution in [0.2, 0.25) is 5.02 Å². The number of halogens is 2. The molecule has 0 spiro atoms. The van der Waals surface area contributed by atoms with Gasteiger partial charge in [0.2, 0.25) is 0 Å². The Kier molecular flexibility index (Phi) is 4.62. The van der Waals surface area contributed by atoms with Crippen molar-refractivity contribution in [2.24, 2.45) is 0 Å². The lowest BCUT2D eigenvalue weighted by Crippen LogP contribution is -2.06. The van der Waals surface area contributed by atoms with Gasteiger partial charge in [-0.15, -0.1) is 0 Å². The van der Waals surface area contributed by atoms with Crippen molar-refractivity contribution in [2.45, 2.75) is 13.0 Å². The maximum atomic E-state index is 10.7. The van der Waals surface area contributed by atoms with Gasteiger partial charge in [0.1, 0.15) is 5.02 Å². The Morgan fingerprint density at radius 1 is 1.25 bits per heavy atom. The summed E-state index contributed by atoms with van der Waals surface area (Å²) in [5.74, 6) is 0. The van der Waals surface area contributed by atoms with Crippen LogP contribution in [0.3, 0.4) is 0 Å². The third kappa shape index (κ3) is 3.49. The van der Waals surface area contributed by atoms with Crippen molar-refractivity contribution in [3.05, 3.63) is 67.6 Å². The molecular formula is C14H12BrClN2O2. The van der Waals surface area contributed by atoms with Crippen LogP contribution in [0.1, 0.15) is 18.5 Å². The molecule has 0 aliphatic carbocycles. The molecule has 0 aromatic heterocycles. The molecule has 6 heteroatoms. The van der Waals surface area contributed by atoms with Crippen molar-refractivity contribution < 1.29 is 4.92 Å². The number of nitro groups is 1. The van der Waals surface area contributed by atoms with Crippen molar-refractivity contribution in [1.82, 2.24) is 0 Å². The lowest BCUT2D eigenvalue weighted by molar-refractivity contribution is -0.384. The van der Waals surface area contributed by atoms with E-state index in [1.165, 1.54) is 6.07 Å². The molecule has 0 heterocycles. The normalized spacial score (nSPS) is 11.9. The number of hydrogen-bond donors (Lipinski definition) is 1. The van der Waals surface area contributed by atoms with E-state index < -0.39 is 4.92 Å². The second kappa shape index (κ2) is 6.24. The maximum absolute atomic E-state index is 10.7. The summed E-state index contributed by atoms with van der Waals surface area (Å²) in [7, 11) is 0. The lowest BCUT2D eigenvalue weighted by Gasteiger charge is -2.16. The molecule has 1 atom stereocenters. The molecule has 0 saturated heterocycles. The van der Waals surface area contributed by atoms with Gasteiger partial charge in [-0.05, 0) is 36.8 Å². The fraction of sp³-hybridized carbons (Fsp3) is 0.143. The van der Waals surface area contributed by atoms with Crippen LogP contribution >= 0.6 is 27.5 Å². The minimum atomic E-state index is -0.496. The number of nitrogens with zero attached hydrogens (tertiary/aromatic N) is 1. The van der Waals surface area contributed by atoms with E-state index in [-0.39, 0.29) is 16.8 Å². The highest BCUT2D eigenvalue weighted by Gasteiger charge is 2.13. The van der Waals surface area contributed by atoms with E-state index in [2.05, 4.69) is 21.2 Å². The first-order valence-electron chi connectivity index (χ1n) is 5.93. The molecular weight excluding hydrogens is 344 g/mol. The second-order valence-electron chi connectivity index (χ2n) is 4.34. The van der Waals surface area contributed by atoms with E-state index in [1.807, 2.05) is 31.2 Å². The minimum absolute atomic E-state index is 0.0700. The van der Waals surface area contributed by atoms with Crippen LogP contribution in [0.25, 0.3) is 0 Å². The molecule has 20 heavy (non-hydrogen) atoms. The molecule has 0 aliphatic heterocycles. The zero-order valence-corrected chi connectivity index (χ0v) is 13.0. The average Bonchev–Trinajstić information content (AvgIpc) is 2.39. The smallest absolute Gasteiger partial charge is 0.288 e. The summed E-state index contributed by atoms with van der Waals surface area (Å²) >= 11 is 9.28. The summed E-state index contributed by atoms with van der Waals surface area (Å²) in [6.45, 7) is 2.01. The standard InChI is InChI=1S/C14H12BrClN2O2/c1-9(10-2-4-11(15)5-3-10)17-12-6-7-14(18(19)20)13(16)8-12/h2-9,17H,1H3. The highest BCUT2D eigenvalue weighted by atomic mass is 79.9. The molecule has 0 aliphatic rings. The first-order valence-corrected chi connectivity index (χ1v) is 7.10. The van der Waals surface area contributed by atoms with Crippen molar-refractivity contribution in [1.29, 1.82) is 0 Å². The molecule has 0 saturated carbocycles. The molecule has 2 rings (SSSR count). The first kappa shape index (κ1) is 14.8. The third-order valence-corrected chi connectivity index (χ3v) is 3.73. The molecule has 104 valence electrons. The molecule has 0 fully saturated rings. The Labute approximate surface area is 130 Å². The zero-order chi connectivity index (χ0) is 14.7. The topological polar surface area (TPSA) is 55.2 Å². The molecule has 0 amide bonds. The molecule has 0 bridgehead atoms. The third-order valence-electron chi connectivity index (χ3n) is 2.90. The van der Waals surface area contributed by atoms with Gasteiger partial charge < -0.3 is 5.32 Å². The van der Waals surface area contributed by atoms with Crippen LogP contribution in [0.4, 0.5) is 11.4 Å². The van der Waals surface area contributed by atoms with E-state index in [1.54, 1.807) is 12.1 Å². The summed E-state index contributed by atoms with van der Waals surface area (Å²) in [5.41, 5.74) is 1.77. The van der Waals surface area contributed by atoms with Crippen LogP contribution < -0.4 is 5.32 Å². The van der Waals surface area contributed by atoms with E-state index >= 15 is 0 Å². The Hall–Kier alpha value is -1.59. The Bertz CT molecular complexity index is 632. The van der Waals surface area contributed by atoms with Gasteiger partial charge in [-0.25, -0.2) is 0 Å². The summed E-state index contributed by atoms with van der Waals surface area (Å²) in [4.78, 5) is 10.2. The minimum Gasteiger partial charge on any atom is -0.378 e.